The Kier molecular flexibility index (Phi) is 4.62. The fraction of sp³-hybridized carbons (Fsp3) is 0.158. The maximum Gasteiger partial charge on any atom is 0.137 e. The van der Waals surface area contributed by atoms with Gasteiger partial charge in [-0.1, -0.05) is 19.1 Å². The lowest BCUT2D eigenvalue weighted by Gasteiger charge is -1.99. The van der Waals surface area contributed by atoms with E-state index in [0.717, 1.165) is 23.0 Å². The minimum absolute atomic E-state index is 0.0868. The van der Waals surface area contributed by atoms with Gasteiger partial charge >= 0.3 is 0 Å². The van der Waals surface area contributed by atoms with Gasteiger partial charge in [0.1, 0.15) is 11.6 Å². The Labute approximate surface area is 138 Å². The van der Waals surface area contributed by atoms with Crippen molar-refractivity contribution in [2.45, 2.75) is 19.9 Å². The first kappa shape index (κ1) is 16.2. The lowest BCUT2D eigenvalue weighted by atomic mass is 10.1. The molecule has 0 bridgehead atoms. The van der Waals surface area contributed by atoms with E-state index in [2.05, 4.69) is 9.97 Å². The summed E-state index contributed by atoms with van der Waals surface area (Å²) in [6.07, 6.45) is 4.22. The van der Waals surface area contributed by atoms with Gasteiger partial charge in [-0.25, -0.2) is 8.78 Å². The molecule has 5 heteroatoms. The number of hydrogen-bond acceptors (Lipinski definition) is 1. The number of H-pyrrole nitrogens is 2. The topological polar surface area (TPSA) is 57.6 Å². The first-order valence-corrected chi connectivity index (χ1v) is 7.84. The normalized spacial score (nSPS) is 10.8. The Morgan fingerprint density at radius 1 is 0.792 bits per heavy atom. The average Bonchev–Trinajstić information content (AvgIpc) is 3.26. The number of aromatic nitrogens is 2. The standard InChI is InChI=1S/C10H10FN.C9H9FN2/c1-2-7-3-4-9-8(10(7)11)5-6-12-9;10-9-6(5-11)1-2-8-7(9)3-4-12-8/h3-6,12H,2H2,1H3;1-4,12H,5,11H2. The minimum Gasteiger partial charge on any atom is -0.361 e. The number of nitrogens with one attached hydrogen (secondary N) is 2. The van der Waals surface area contributed by atoms with E-state index in [1.54, 1.807) is 30.6 Å². The van der Waals surface area contributed by atoms with Crippen LogP contribution in [0.5, 0.6) is 0 Å². The van der Waals surface area contributed by atoms with Crippen LogP contribution in [0, 0.1) is 11.6 Å². The molecular weight excluding hydrogens is 308 g/mol. The average molecular weight is 327 g/mol. The molecular formula is C19H19F2N3. The van der Waals surface area contributed by atoms with Crippen molar-refractivity contribution in [2.75, 3.05) is 0 Å². The van der Waals surface area contributed by atoms with Crippen molar-refractivity contribution >= 4 is 21.8 Å². The second kappa shape index (κ2) is 6.84. The summed E-state index contributed by atoms with van der Waals surface area (Å²) >= 11 is 0. The molecule has 0 radical (unpaired) electrons. The van der Waals surface area contributed by atoms with Crippen molar-refractivity contribution < 1.29 is 8.78 Å². The lowest BCUT2D eigenvalue weighted by molar-refractivity contribution is 0.623. The molecule has 0 aliphatic carbocycles. The zero-order valence-electron chi connectivity index (χ0n) is 13.4. The van der Waals surface area contributed by atoms with Crippen LogP contribution in [0.15, 0.2) is 48.8 Å². The molecule has 2 aromatic heterocycles. The Hall–Kier alpha value is -2.66. The number of aromatic amines is 2. The zero-order chi connectivity index (χ0) is 17.1. The third-order valence-corrected chi connectivity index (χ3v) is 4.10. The molecule has 4 N–H and O–H groups in total. The molecule has 0 aliphatic heterocycles. The van der Waals surface area contributed by atoms with Crippen molar-refractivity contribution in [1.82, 2.24) is 9.97 Å². The highest BCUT2D eigenvalue weighted by molar-refractivity contribution is 5.81. The number of aryl methyl sites for hydroxylation is 1. The third-order valence-electron chi connectivity index (χ3n) is 4.10. The van der Waals surface area contributed by atoms with Crippen molar-refractivity contribution in [3.8, 4) is 0 Å². The summed E-state index contributed by atoms with van der Waals surface area (Å²) in [5.41, 5.74) is 8.37. The molecule has 0 unspecified atom stereocenters. The second-order valence-electron chi connectivity index (χ2n) is 5.51. The van der Waals surface area contributed by atoms with Gasteiger partial charge < -0.3 is 15.7 Å². The molecule has 0 aliphatic rings. The Morgan fingerprint density at radius 2 is 1.29 bits per heavy atom. The highest BCUT2D eigenvalue weighted by atomic mass is 19.1. The molecule has 2 heterocycles. The predicted octanol–water partition coefficient (Wildman–Crippen LogP) is 4.64. The fourth-order valence-electron chi connectivity index (χ4n) is 2.71. The number of benzene rings is 2. The maximum atomic E-state index is 13.5. The molecule has 0 fully saturated rings. The van der Waals surface area contributed by atoms with Crippen LogP contribution in [0.25, 0.3) is 21.8 Å². The van der Waals surface area contributed by atoms with E-state index in [4.69, 9.17) is 5.73 Å². The first-order chi connectivity index (χ1) is 11.7. The number of halogens is 2. The molecule has 2 aromatic carbocycles. The van der Waals surface area contributed by atoms with E-state index in [1.807, 2.05) is 25.1 Å². The smallest absolute Gasteiger partial charge is 0.137 e. The summed E-state index contributed by atoms with van der Waals surface area (Å²) in [5, 5.41) is 1.30. The summed E-state index contributed by atoms with van der Waals surface area (Å²) in [6, 6.07) is 10.8. The van der Waals surface area contributed by atoms with Crippen LogP contribution in [-0.2, 0) is 13.0 Å². The molecule has 0 amide bonds. The molecule has 4 rings (SSSR count). The number of hydrogen-bond donors (Lipinski definition) is 3. The van der Waals surface area contributed by atoms with E-state index in [1.165, 1.54) is 0 Å². The van der Waals surface area contributed by atoms with Gasteiger partial charge in [-0.15, -0.1) is 0 Å². The first-order valence-electron chi connectivity index (χ1n) is 7.84. The minimum atomic E-state index is -0.212. The van der Waals surface area contributed by atoms with Gasteiger partial charge in [0.25, 0.3) is 0 Å². The van der Waals surface area contributed by atoms with Crippen LogP contribution in [-0.4, -0.2) is 9.97 Å². The van der Waals surface area contributed by atoms with Crippen molar-refractivity contribution in [1.29, 1.82) is 0 Å². The van der Waals surface area contributed by atoms with Gasteiger partial charge in [0, 0.05) is 46.3 Å². The van der Waals surface area contributed by atoms with Crippen LogP contribution < -0.4 is 5.73 Å². The number of nitrogens with two attached hydrogens (primary N) is 1. The summed E-state index contributed by atoms with van der Waals surface area (Å²) in [6.45, 7) is 2.20. The van der Waals surface area contributed by atoms with E-state index < -0.39 is 0 Å². The summed E-state index contributed by atoms with van der Waals surface area (Å²) in [5.74, 6) is -0.299. The molecule has 0 saturated heterocycles. The van der Waals surface area contributed by atoms with Crippen LogP contribution in [0.1, 0.15) is 18.1 Å². The molecule has 0 saturated carbocycles. The van der Waals surface area contributed by atoms with Crippen LogP contribution in [0.3, 0.4) is 0 Å². The van der Waals surface area contributed by atoms with Crippen LogP contribution in [0.4, 0.5) is 8.78 Å². The monoisotopic (exact) mass is 327 g/mol. The third kappa shape index (κ3) is 2.90. The largest absolute Gasteiger partial charge is 0.361 e. The van der Waals surface area contributed by atoms with E-state index in [-0.39, 0.29) is 18.2 Å². The zero-order valence-corrected chi connectivity index (χ0v) is 13.4. The summed E-state index contributed by atoms with van der Waals surface area (Å²) in [7, 11) is 0. The maximum absolute atomic E-state index is 13.5. The van der Waals surface area contributed by atoms with Gasteiger partial charge in [-0.05, 0) is 36.2 Å². The van der Waals surface area contributed by atoms with E-state index >= 15 is 0 Å². The lowest BCUT2D eigenvalue weighted by Crippen LogP contribution is -1.99. The molecule has 0 spiro atoms. The van der Waals surface area contributed by atoms with Gasteiger partial charge in [-0.2, -0.15) is 0 Å². The Balaban J connectivity index is 0.000000141. The fourth-order valence-corrected chi connectivity index (χ4v) is 2.71. The summed E-state index contributed by atoms with van der Waals surface area (Å²) < 4.78 is 26.9. The van der Waals surface area contributed by atoms with Gasteiger partial charge in [-0.3, -0.25) is 0 Å². The molecule has 4 aromatic rings. The molecule has 3 nitrogen and oxygen atoms in total. The quantitative estimate of drug-likeness (QED) is 0.494. The van der Waals surface area contributed by atoms with Crippen molar-refractivity contribution in [3.63, 3.8) is 0 Å². The van der Waals surface area contributed by atoms with Crippen molar-refractivity contribution in [2.24, 2.45) is 5.73 Å². The predicted molar refractivity (Wildman–Crippen MR) is 93.8 cm³/mol. The second-order valence-corrected chi connectivity index (χ2v) is 5.51. The van der Waals surface area contributed by atoms with Crippen molar-refractivity contribution in [3.05, 3.63) is 71.6 Å². The summed E-state index contributed by atoms with van der Waals surface area (Å²) in [4.78, 5) is 5.90. The van der Waals surface area contributed by atoms with E-state index in [0.29, 0.717) is 16.3 Å². The number of rotatable bonds is 2. The van der Waals surface area contributed by atoms with Gasteiger partial charge in [0.2, 0.25) is 0 Å². The van der Waals surface area contributed by atoms with Crippen LogP contribution in [0.2, 0.25) is 0 Å². The van der Waals surface area contributed by atoms with E-state index in [9.17, 15) is 8.78 Å². The van der Waals surface area contributed by atoms with Gasteiger partial charge in [0.05, 0.1) is 0 Å². The highest BCUT2D eigenvalue weighted by Crippen LogP contribution is 2.20. The molecule has 124 valence electrons. The molecule has 24 heavy (non-hydrogen) atoms. The van der Waals surface area contributed by atoms with Crippen LogP contribution >= 0.6 is 0 Å². The Bertz CT molecular complexity index is 889. The highest BCUT2D eigenvalue weighted by Gasteiger charge is 2.06. The Morgan fingerprint density at radius 3 is 1.79 bits per heavy atom. The molecule has 0 atom stereocenters. The SMILES string of the molecule is CCc1ccc2[nH]ccc2c1F.NCc1ccc2[nH]ccc2c1F. The number of fused-ring (bicyclic) bond motifs is 2. The van der Waals surface area contributed by atoms with Gasteiger partial charge in [0.15, 0.2) is 0 Å².